The molecule has 2 saturated heterocycles. The summed E-state index contributed by atoms with van der Waals surface area (Å²) in [6.45, 7) is 10.5. The van der Waals surface area contributed by atoms with Crippen LogP contribution in [-0.2, 0) is 15.0 Å². The number of nitrogens with zero attached hydrogens (tertiary/aromatic N) is 4. The van der Waals surface area contributed by atoms with Gasteiger partial charge in [-0.3, -0.25) is 24.7 Å². The van der Waals surface area contributed by atoms with Crippen LogP contribution in [0.4, 0.5) is 5.82 Å². The largest absolute Gasteiger partial charge is 0.353 e. The molecule has 32 heavy (non-hydrogen) atoms. The standard InChI is InChI=1S/C24H29N5O3/c1-15(2)24(12-20(30)27-23(24)32)19-6-5-18(14-25-19)22(31)29-9-7-28(8-10-29)21-17(4)11-16(3)13-26-21/h5-6,11,13-15H,7-10,12H2,1-4H3,(H,27,30,32). The molecule has 0 aliphatic carbocycles. The predicted octanol–water partition coefficient (Wildman–Crippen LogP) is 2.00. The molecule has 2 aromatic rings. The molecule has 1 atom stereocenters. The van der Waals surface area contributed by atoms with E-state index in [0.717, 1.165) is 16.9 Å². The lowest BCUT2D eigenvalue weighted by molar-refractivity contribution is -0.127. The number of piperazine rings is 1. The molecule has 4 heterocycles. The first-order chi connectivity index (χ1) is 15.2. The Balaban J connectivity index is 1.46. The molecule has 2 fully saturated rings. The number of aromatic nitrogens is 2. The summed E-state index contributed by atoms with van der Waals surface area (Å²) in [5.74, 6) is 0.178. The fourth-order valence-electron chi connectivity index (χ4n) is 4.71. The molecule has 2 aromatic heterocycles. The number of rotatable bonds is 4. The zero-order valence-electron chi connectivity index (χ0n) is 19.0. The van der Waals surface area contributed by atoms with Crippen molar-refractivity contribution in [3.05, 3.63) is 53.0 Å². The molecule has 0 aromatic carbocycles. The molecule has 2 aliphatic heterocycles. The SMILES string of the molecule is Cc1cnc(N2CCN(C(=O)c3ccc(C4(C(C)C)CC(=O)NC4=O)nc3)CC2)c(C)c1. The van der Waals surface area contributed by atoms with E-state index in [1.165, 1.54) is 6.20 Å². The highest BCUT2D eigenvalue weighted by Gasteiger charge is 2.51. The van der Waals surface area contributed by atoms with Gasteiger partial charge in [-0.1, -0.05) is 19.9 Å². The summed E-state index contributed by atoms with van der Waals surface area (Å²) in [6, 6.07) is 5.54. The van der Waals surface area contributed by atoms with Crippen LogP contribution in [0.5, 0.6) is 0 Å². The van der Waals surface area contributed by atoms with Crippen LogP contribution in [0.2, 0.25) is 0 Å². The third-order valence-corrected chi connectivity index (χ3v) is 6.60. The van der Waals surface area contributed by atoms with Crippen molar-refractivity contribution in [3.63, 3.8) is 0 Å². The number of imide groups is 1. The van der Waals surface area contributed by atoms with Gasteiger partial charge in [0, 0.05) is 45.0 Å². The summed E-state index contributed by atoms with van der Waals surface area (Å²) in [5.41, 5.74) is 2.30. The van der Waals surface area contributed by atoms with Crippen LogP contribution in [0.25, 0.3) is 0 Å². The number of carbonyl (C=O) groups is 3. The van der Waals surface area contributed by atoms with Crippen molar-refractivity contribution >= 4 is 23.5 Å². The zero-order valence-corrected chi connectivity index (χ0v) is 19.0. The van der Waals surface area contributed by atoms with E-state index in [2.05, 4.69) is 33.2 Å². The Morgan fingerprint density at radius 3 is 2.31 bits per heavy atom. The van der Waals surface area contributed by atoms with Crippen molar-refractivity contribution in [2.24, 2.45) is 5.92 Å². The molecule has 8 heteroatoms. The smallest absolute Gasteiger partial charge is 0.255 e. The highest BCUT2D eigenvalue weighted by molar-refractivity contribution is 6.09. The maximum atomic E-state index is 13.0. The van der Waals surface area contributed by atoms with E-state index in [1.807, 2.05) is 31.9 Å². The number of pyridine rings is 2. The number of amides is 3. The minimum Gasteiger partial charge on any atom is -0.353 e. The van der Waals surface area contributed by atoms with E-state index in [4.69, 9.17) is 0 Å². The Bertz CT molecular complexity index is 1060. The summed E-state index contributed by atoms with van der Waals surface area (Å²) in [4.78, 5) is 50.5. The predicted molar refractivity (Wildman–Crippen MR) is 120 cm³/mol. The molecular weight excluding hydrogens is 406 g/mol. The Kier molecular flexibility index (Phi) is 5.71. The van der Waals surface area contributed by atoms with Crippen LogP contribution < -0.4 is 10.2 Å². The molecule has 0 saturated carbocycles. The summed E-state index contributed by atoms with van der Waals surface area (Å²) in [7, 11) is 0. The molecule has 3 amide bonds. The van der Waals surface area contributed by atoms with E-state index >= 15 is 0 Å². The Hall–Kier alpha value is -3.29. The second kappa shape index (κ2) is 8.33. The molecule has 4 rings (SSSR count). The third kappa shape index (κ3) is 3.74. The molecule has 0 radical (unpaired) electrons. The van der Waals surface area contributed by atoms with Crippen molar-refractivity contribution in [2.45, 2.75) is 39.5 Å². The van der Waals surface area contributed by atoms with E-state index in [9.17, 15) is 14.4 Å². The number of carbonyl (C=O) groups excluding carboxylic acids is 3. The van der Waals surface area contributed by atoms with E-state index in [-0.39, 0.29) is 30.1 Å². The van der Waals surface area contributed by atoms with Gasteiger partial charge in [-0.2, -0.15) is 0 Å². The summed E-state index contributed by atoms with van der Waals surface area (Å²) < 4.78 is 0. The molecule has 1 unspecified atom stereocenters. The van der Waals surface area contributed by atoms with E-state index in [0.29, 0.717) is 37.4 Å². The summed E-state index contributed by atoms with van der Waals surface area (Å²) in [6.07, 6.45) is 3.48. The monoisotopic (exact) mass is 435 g/mol. The van der Waals surface area contributed by atoms with Crippen molar-refractivity contribution in [1.82, 2.24) is 20.2 Å². The topological polar surface area (TPSA) is 95.5 Å². The first kappa shape index (κ1) is 21.9. The lowest BCUT2D eigenvalue weighted by Crippen LogP contribution is -2.49. The lowest BCUT2D eigenvalue weighted by Gasteiger charge is -2.36. The van der Waals surface area contributed by atoms with Gasteiger partial charge in [-0.25, -0.2) is 4.98 Å². The number of hydrogen-bond donors (Lipinski definition) is 1. The van der Waals surface area contributed by atoms with Gasteiger partial charge in [0.2, 0.25) is 11.8 Å². The second-order valence-corrected chi connectivity index (χ2v) is 9.04. The second-order valence-electron chi connectivity index (χ2n) is 9.04. The van der Waals surface area contributed by atoms with E-state index < -0.39 is 5.41 Å². The minimum atomic E-state index is -0.983. The van der Waals surface area contributed by atoms with Crippen LogP contribution in [0, 0.1) is 19.8 Å². The highest BCUT2D eigenvalue weighted by atomic mass is 16.2. The summed E-state index contributed by atoms with van der Waals surface area (Å²) in [5, 5.41) is 2.40. The van der Waals surface area contributed by atoms with Gasteiger partial charge in [0.05, 0.1) is 11.3 Å². The molecule has 1 N–H and O–H groups in total. The Labute approximate surface area is 188 Å². The maximum Gasteiger partial charge on any atom is 0.255 e. The molecule has 0 bridgehead atoms. The van der Waals surface area contributed by atoms with Crippen LogP contribution in [0.3, 0.4) is 0 Å². The van der Waals surface area contributed by atoms with Gasteiger partial charge in [-0.05, 0) is 43.0 Å². The maximum absolute atomic E-state index is 13.0. The van der Waals surface area contributed by atoms with Crippen LogP contribution in [-0.4, -0.2) is 58.8 Å². The van der Waals surface area contributed by atoms with Gasteiger partial charge < -0.3 is 9.80 Å². The molecule has 168 valence electrons. The average Bonchev–Trinajstić information content (AvgIpc) is 3.08. The Morgan fingerprint density at radius 1 is 1.06 bits per heavy atom. The fraction of sp³-hybridized carbons (Fsp3) is 0.458. The van der Waals surface area contributed by atoms with Crippen LogP contribution >= 0.6 is 0 Å². The molecular formula is C24H29N5O3. The van der Waals surface area contributed by atoms with Crippen molar-refractivity contribution in [1.29, 1.82) is 0 Å². The molecule has 2 aliphatic rings. The highest BCUT2D eigenvalue weighted by Crippen LogP contribution is 2.38. The number of aryl methyl sites for hydroxylation is 2. The van der Waals surface area contributed by atoms with Gasteiger partial charge in [0.15, 0.2) is 0 Å². The summed E-state index contributed by atoms with van der Waals surface area (Å²) >= 11 is 0. The third-order valence-electron chi connectivity index (χ3n) is 6.60. The van der Waals surface area contributed by atoms with Gasteiger partial charge in [0.1, 0.15) is 11.2 Å². The van der Waals surface area contributed by atoms with Gasteiger partial charge >= 0.3 is 0 Å². The number of hydrogen-bond acceptors (Lipinski definition) is 6. The van der Waals surface area contributed by atoms with Gasteiger partial charge in [0.25, 0.3) is 5.91 Å². The van der Waals surface area contributed by atoms with Crippen molar-refractivity contribution < 1.29 is 14.4 Å². The molecule has 0 spiro atoms. The lowest BCUT2D eigenvalue weighted by atomic mass is 9.72. The van der Waals surface area contributed by atoms with E-state index in [1.54, 1.807) is 12.1 Å². The quantitative estimate of drug-likeness (QED) is 0.738. The normalized spacial score (nSPS) is 21.3. The number of nitrogens with one attached hydrogen (secondary N) is 1. The number of anilines is 1. The van der Waals surface area contributed by atoms with Gasteiger partial charge in [-0.15, -0.1) is 0 Å². The first-order valence-corrected chi connectivity index (χ1v) is 11.0. The average molecular weight is 436 g/mol. The molecule has 8 nitrogen and oxygen atoms in total. The van der Waals surface area contributed by atoms with Crippen molar-refractivity contribution in [2.75, 3.05) is 31.1 Å². The minimum absolute atomic E-state index is 0.0807. The van der Waals surface area contributed by atoms with Crippen LogP contribution in [0.15, 0.2) is 30.6 Å². The zero-order chi connectivity index (χ0) is 23.0. The van der Waals surface area contributed by atoms with Crippen LogP contribution in [0.1, 0.15) is 47.4 Å². The first-order valence-electron chi connectivity index (χ1n) is 11.0. The Morgan fingerprint density at radius 2 is 1.78 bits per heavy atom. The fourth-order valence-corrected chi connectivity index (χ4v) is 4.71. The van der Waals surface area contributed by atoms with Crippen molar-refractivity contribution in [3.8, 4) is 0 Å².